The Balaban J connectivity index is 1.79. The van der Waals surface area contributed by atoms with Gasteiger partial charge in [-0.3, -0.25) is 9.59 Å². The van der Waals surface area contributed by atoms with Crippen molar-refractivity contribution in [3.05, 3.63) is 99.5 Å². The molecule has 1 fully saturated rings. The van der Waals surface area contributed by atoms with Crippen LogP contribution < -0.4 is 4.74 Å². The molecule has 8 heteroatoms. The van der Waals surface area contributed by atoms with Gasteiger partial charge >= 0.3 is 0 Å². The summed E-state index contributed by atoms with van der Waals surface area (Å²) in [6, 6.07) is 20.0. The molecular formula is C28H25Cl2NO5. The largest absolute Gasteiger partial charge is 0.507 e. The number of nitrogens with zero attached hydrogens (tertiary/aromatic N) is 1. The molecule has 0 bridgehead atoms. The number of para-hydroxylation sites is 1. The first-order valence-electron chi connectivity index (χ1n) is 11.4. The van der Waals surface area contributed by atoms with Gasteiger partial charge in [-0.05, 0) is 61.9 Å². The molecule has 0 saturated carbocycles. The second kappa shape index (κ2) is 11.2. The molecule has 1 atom stereocenters. The zero-order valence-electron chi connectivity index (χ0n) is 19.8. The number of hydrogen-bond acceptors (Lipinski definition) is 5. The Morgan fingerprint density at radius 2 is 1.67 bits per heavy atom. The molecule has 1 unspecified atom stereocenters. The Hall–Kier alpha value is -3.32. The SMILES string of the molecule is CC(C)OCCN1C(=O)C(=O)/C(=C(\O)c2ccc(Cl)c(Cl)c2)C1c1cccc(Oc2ccccc2)c1. The fraction of sp³-hybridized carbons (Fsp3) is 0.214. The van der Waals surface area contributed by atoms with Crippen LogP contribution >= 0.6 is 23.2 Å². The standard InChI is InChI=1S/C28H25Cl2NO5/c1-17(2)35-14-13-31-25(18-7-6-10-21(15-18)36-20-8-4-3-5-9-20)24(27(33)28(31)34)26(32)19-11-12-22(29)23(30)16-19/h3-12,15-17,25,32H,13-14H2,1-2H3/b26-24-. The van der Waals surface area contributed by atoms with Crippen molar-refractivity contribution in [3.63, 3.8) is 0 Å². The van der Waals surface area contributed by atoms with Crippen molar-refractivity contribution in [1.29, 1.82) is 0 Å². The van der Waals surface area contributed by atoms with E-state index in [1.165, 1.54) is 17.0 Å². The van der Waals surface area contributed by atoms with Crippen molar-refractivity contribution in [2.45, 2.75) is 26.0 Å². The van der Waals surface area contributed by atoms with E-state index in [2.05, 4.69) is 0 Å². The number of halogens is 2. The van der Waals surface area contributed by atoms with E-state index < -0.39 is 17.7 Å². The Bertz CT molecular complexity index is 1310. The van der Waals surface area contributed by atoms with Crippen molar-refractivity contribution in [2.75, 3.05) is 13.2 Å². The Morgan fingerprint density at radius 3 is 2.36 bits per heavy atom. The molecule has 4 rings (SSSR count). The van der Waals surface area contributed by atoms with Crippen LogP contribution in [0.1, 0.15) is 31.0 Å². The number of rotatable bonds is 8. The molecule has 1 saturated heterocycles. The molecule has 36 heavy (non-hydrogen) atoms. The van der Waals surface area contributed by atoms with Crippen LogP contribution in [0.2, 0.25) is 10.0 Å². The lowest BCUT2D eigenvalue weighted by molar-refractivity contribution is -0.140. The second-order valence-electron chi connectivity index (χ2n) is 8.53. The Labute approximate surface area is 219 Å². The van der Waals surface area contributed by atoms with E-state index in [0.717, 1.165) is 0 Å². The molecule has 1 amide bonds. The highest BCUT2D eigenvalue weighted by Gasteiger charge is 2.46. The van der Waals surface area contributed by atoms with Crippen molar-refractivity contribution in [2.24, 2.45) is 0 Å². The van der Waals surface area contributed by atoms with Gasteiger partial charge in [0.1, 0.15) is 17.3 Å². The van der Waals surface area contributed by atoms with Crippen molar-refractivity contribution >= 4 is 40.7 Å². The van der Waals surface area contributed by atoms with Crippen LogP contribution in [0.3, 0.4) is 0 Å². The van der Waals surface area contributed by atoms with Gasteiger partial charge in [-0.25, -0.2) is 0 Å². The van der Waals surface area contributed by atoms with E-state index in [1.807, 2.05) is 44.2 Å². The van der Waals surface area contributed by atoms with Gasteiger partial charge in [-0.15, -0.1) is 0 Å². The molecule has 0 aliphatic carbocycles. The topological polar surface area (TPSA) is 76.1 Å². The van der Waals surface area contributed by atoms with Crippen LogP contribution in [-0.2, 0) is 14.3 Å². The quantitative estimate of drug-likeness (QED) is 0.203. The van der Waals surface area contributed by atoms with Crippen LogP contribution in [0.25, 0.3) is 5.76 Å². The van der Waals surface area contributed by atoms with Gasteiger partial charge in [-0.2, -0.15) is 0 Å². The van der Waals surface area contributed by atoms with Gasteiger partial charge in [0.15, 0.2) is 0 Å². The van der Waals surface area contributed by atoms with E-state index in [4.69, 9.17) is 32.7 Å². The first-order valence-corrected chi connectivity index (χ1v) is 12.2. The predicted molar refractivity (Wildman–Crippen MR) is 140 cm³/mol. The van der Waals surface area contributed by atoms with Gasteiger partial charge in [0.05, 0.1) is 34.4 Å². The van der Waals surface area contributed by atoms with Crippen molar-refractivity contribution in [1.82, 2.24) is 4.90 Å². The maximum atomic E-state index is 13.2. The minimum atomic E-state index is -0.852. The summed E-state index contributed by atoms with van der Waals surface area (Å²) in [6.07, 6.45) is -0.0425. The fourth-order valence-electron chi connectivity index (χ4n) is 4.02. The zero-order valence-corrected chi connectivity index (χ0v) is 21.3. The number of benzene rings is 3. The Kier molecular flexibility index (Phi) is 7.99. The molecule has 0 aromatic heterocycles. The van der Waals surface area contributed by atoms with Crippen molar-refractivity contribution < 1.29 is 24.2 Å². The molecule has 6 nitrogen and oxygen atoms in total. The number of Topliss-reactive ketones (excluding diaryl/α,β-unsaturated/α-hetero) is 1. The maximum Gasteiger partial charge on any atom is 0.295 e. The number of amides is 1. The molecule has 1 heterocycles. The highest BCUT2D eigenvalue weighted by molar-refractivity contribution is 6.46. The molecule has 1 N–H and O–H groups in total. The minimum Gasteiger partial charge on any atom is -0.507 e. The van der Waals surface area contributed by atoms with Gasteiger partial charge in [-0.1, -0.05) is 53.5 Å². The molecule has 1 aliphatic heterocycles. The summed E-state index contributed by atoms with van der Waals surface area (Å²) in [7, 11) is 0. The first-order chi connectivity index (χ1) is 17.3. The van der Waals surface area contributed by atoms with Gasteiger partial charge < -0.3 is 19.5 Å². The maximum absolute atomic E-state index is 13.2. The lowest BCUT2D eigenvalue weighted by atomic mass is 9.95. The van der Waals surface area contributed by atoms with Crippen LogP contribution in [0, 0.1) is 0 Å². The van der Waals surface area contributed by atoms with E-state index >= 15 is 0 Å². The van der Waals surface area contributed by atoms with Gasteiger partial charge in [0.25, 0.3) is 11.7 Å². The minimum absolute atomic E-state index is 0.0419. The van der Waals surface area contributed by atoms with Crippen LogP contribution in [0.15, 0.2) is 78.4 Å². The highest BCUT2D eigenvalue weighted by Crippen LogP contribution is 2.41. The molecular weight excluding hydrogens is 501 g/mol. The summed E-state index contributed by atoms with van der Waals surface area (Å²) in [4.78, 5) is 27.7. The van der Waals surface area contributed by atoms with E-state index in [1.54, 1.807) is 30.3 Å². The Morgan fingerprint density at radius 1 is 0.944 bits per heavy atom. The highest BCUT2D eigenvalue weighted by atomic mass is 35.5. The van der Waals surface area contributed by atoms with Gasteiger partial charge in [0, 0.05) is 12.1 Å². The fourth-order valence-corrected chi connectivity index (χ4v) is 4.31. The summed E-state index contributed by atoms with van der Waals surface area (Å²) < 4.78 is 11.6. The van der Waals surface area contributed by atoms with Crippen LogP contribution in [-0.4, -0.2) is 41.0 Å². The third kappa shape index (κ3) is 5.57. The molecule has 186 valence electrons. The average molecular weight is 526 g/mol. The summed E-state index contributed by atoms with van der Waals surface area (Å²) in [5, 5.41) is 11.7. The third-order valence-corrected chi connectivity index (χ3v) is 6.41. The van der Waals surface area contributed by atoms with Crippen molar-refractivity contribution in [3.8, 4) is 11.5 Å². The number of ketones is 1. The number of hydrogen-bond donors (Lipinski definition) is 1. The van der Waals surface area contributed by atoms with Gasteiger partial charge in [0.2, 0.25) is 0 Å². The lowest BCUT2D eigenvalue weighted by Gasteiger charge is -2.26. The van der Waals surface area contributed by atoms with Crippen LogP contribution in [0.5, 0.6) is 11.5 Å². The number of likely N-dealkylation sites (tertiary alicyclic amines) is 1. The molecule has 3 aromatic carbocycles. The monoisotopic (exact) mass is 525 g/mol. The third-order valence-electron chi connectivity index (χ3n) is 5.67. The molecule has 0 radical (unpaired) electrons. The first kappa shape index (κ1) is 25.8. The van der Waals surface area contributed by atoms with Crippen LogP contribution in [0.4, 0.5) is 0 Å². The number of aliphatic hydroxyl groups is 1. The number of carbonyl (C=O) groups excluding carboxylic acids is 2. The average Bonchev–Trinajstić information content (AvgIpc) is 3.11. The second-order valence-corrected chi connectivity index (χ2v) is 9.34. The lowest BCUT2D eigenvalue weighted by Crippen LogP contribution is -2.33. The number of carbonyl (C=O) groups is 2. The predicted octanol–water partition coefficient (Wildman–Crippen LogP) is 6.63. The zero-order chi connectivity index (χ0) is 25.8. The van der Waals surface area contributed by atoms with E-state index in [0.29, 0.717) is 22.1 Å². The van der Waals surface area contributed by atoms with E-state index in [-0.39, 0.29) is 41.2 Å². The molecule has 0 spiro atoms. The summed E-state index contributed by atoms with van der Waals surface area (Å²) in [5.74, 6) is -0.675. The van der Waals surface area contributed by atoms with E-state index in [9.17, 15) is 14.7 Å². The molecule has 3 aromatic rings. The normalized spacial score (nSPS) is 17.1. The summed E-state index contributed by atoms with van der Waals surface area (Å²) in [6.45, 7) is 4.17. The number of aliphatic hydroxyl groups excluding tert-OH is 1. The smallest absolute Gasteiger partial charge is 0.295 e. The molecule has 1 aliphatic rings. The number of ether oxygens (including phenoxy) is 2. The summed E-state index contributed by atoms with van der Waals surface area (Å²) in [5.41, 5.74) is 0.844. The summed E-state index contributed by atoms with van der Waals surface area (Å²) >= 11 is 12.2.